The number of carbonyl (C=O) groups excluding carboxylic acids is 1. The lowest BCUT2D eigenvalue weighted by atomic mass is 10.2. The number of nitrogens with zero attached hydrogens (tertiary/aromatic N) is 2. The molecule has 20 heavy (non-hydrogen) atoms. The third kappa shape index (κ3) is 2.45. The highest BCUT2D eigenvalue weighted by Crippen LogP contribution is 2.16. The van der Waals surface area contributed by atoms with Gasteiger partial charge in [-0.2, -0.15) is 0 Å². The van der Waals surface area contributed by atoms with E-state index in [9.17, 15) is 9.59 Å². The van der Waals surface area contributed by atoms with Gasteiger partial charge in [-0.05, 0) is 12.1 Å². The molecule has 1 saturated heterocycles. The van der Waals surface area contributed by atoms with Crippen LogP contribution in [0.25, 0.3) is 0 Å². The molecule has 1 aliphatic rings. The summed E-state index contributed by atoms with van der Waals surface area (Å²) >= 11 is 0. The van der Waals surface area contributed by atoms with Crippen molar-refractivity contribution in [1.82, 2.24) is 15.1 Å². The molecule has 0 saturated carbocycles. The Balaban J connectivity index is 1.64. The van der Waals surface area contributed by atoms with Crippen molar-refractivity contribution in [2.45, 2.75) is 0 Å². The van der Waals surface area contributed by atoms with Gasteiger partial charge >= 0.3 is 0 Å². The van der Waals surface area contributed by atoms with Crippen LogP contribution in [0.4, 0.5) is 5.69 Å². The van der Waals surface area contributed by atoms with E-state index in [1.165, 1.54) is 11.8 Å². The number of para-hydroxylation sites is 1. The van der Waals surface area contributed by atoms with E-state index >= 15 is 0 Å². The molecule has 0 aliphatic carbocycles. The molecule has 1 aromatic heterocycles. The van der Waals surface area contributed by atoms with Crippen molar-refractivity contribution < 1.29 is 4.79 Å². The Bertz CT molecular complexity index is 638. The van der Waals surface area contributed by atoms with Crippen LogP contribution in [0.3, 0.4) is 0 Å². The van der Waals surface area contributed by atoms with Gasteiger partial charge in [-0.15, -0.1) is 0 Å². The minimum atomic E-state index is -0.281. The van der Waals surface area contributed by atoms with Crippen LogP contribution in [-0.2, 0) is 0 Å². The monoisotopic (exact) mass is 272 g/mol. The van der Waals surface area contributed by atoms with Gasteiger partial charge in [0.25, 0.3) is 11.5 Å². The zero-order valence-corrected chi connectivity index (χ0v) is 11.0. The summed E-state index contributed by atoms with van der Waals surface area (Å²) in [7, 11) is 0. The molecule has 1 aliphatic heterocycles. The first kappa shape index (κ1) is 12.5. The fourth-order valence-corrected chi connectivity index (χ4v) is 2.42. The summed E-state index contributed by atoms with van der Waals surface area (Å²) in [5, 5.41) is 4.99. The molecule has 0 unspecified atom stereocenters. The molecule has 1 aromatic carbocycles. The average molecular weight is 272 g/mol. The van der Waals surface area contributed by atoms with Crippen LogP contribution < -0.4 is 10.5 Å². The number of piperazine rings is 1. The fraction of sp³-hybridized carbons (Fsp3) is 0.286. The number of amides is 1. The molecule has 2 aromatic rings. The highest BCUT2D eigenvalue weighted by Gasteiger charge is 2.23. The largest absolute Gasteiger partial charge is 0.368 e. The summed E-state index contributed by atoms with van der Waals surface area (Å²) in [6, 6.07) is 11.5. The van der Waals surface area contributed by atoms with E-state index in [0.29, 0.717) is 18.8 Å². The number of benzene rings is 1. The molecule has 0 atom stereocenters. The van der Waals surface area contributed by atoms with E-state index in [2.05, 4.69) is 27.2 Å². The van der Waals surface area contributed by atoms with Crippen LogP contribution in [0.1, 0.15) is 10.5 Å². The first-order valence-electron chi connectivity index (χ1n) is 6.61. The third-order valence-electron chi connectivity index (χ3n) is 3.51. The standard InChI is InChI=1S/C14H16N4O2/c19-13-10-12(15-16-13)14(20)18-8-6-17(7-9-18)11-4-2-1-3-5-11/h1-5,10H,6-9H2,(H2,15,16,19). The van der Waals surface area contributed by atoms with Gasteiger partial charge < -0.3 is 9.80 Å². The molecular weight excluding hydrogens is 256 g/mol. The van der Waals surface area contributed by atoms with Crippen LogP contribution in [0.5, 0.6) is 0 Å². The van der Waals surface area contributed by atoms with Crippen molar-refractivity contribution in [2.75, 3.05) is 31.1 Å². The number of nitrogens with one attached hydrogen (secondary N) is 2. The minimum Gasteiger partial charge on any atom is -0.368 e. The second-order valence-electron chi connectivity index (χ2n) is 4.79. The zero-order chi connectivity index (χ0) is 13.9. The first-order chi connectivity index (χ1) is 9.74. The van der Waals surface area contributed by atoms with Gasteiger partial charge in [0, 0.05) is 37.9 Å². The maximum absolute atomic E-state index is 12.2. The Morgan fingerprint density at radius 3 is 2.30 bits per heavy atom. The Hall–Kier alpha value is -2.50. The van der Waals surface area contributed by atoms with Crippen LogP contribution in [0, 0.1) is 0 Å². The number of rotatable bonds is 2. The molecular formula is C14H16N4O2. The normalized spacial score (nSPS) is 15.4. The quantitative estimate of drug-likeness (QED) is 0.844. The number of H-pyrrole nitrogens is 2. The van der Waals surface area contributed by atoms with Gasteiger partial charge in [0.15, 0.2) is 0 Å². The Morgan fingerprint density at radius 2 is 1.70 bits per heavy atom. The number of hydrogen-bond donors (Lipinski definition) is 2. The van der Waals surface area contributed by atoms with Gasteiger partial charge in [0.05, 0.1) is 0 Å². The summed E-state index contributed by atoms with van der Waals surface area (Å²) < 4.78 is 0. The van der Waals surface area contributed by atoms with E-state index in [-0.39, 0.29) is 11.5 Å². The maximum atomic E-state index is 12.2. The minimum absolute atomic E-state index is 0.129. The second kappa shape index (κ2) is 5.24. The molecule has 6 nitrogen and oxygen atoms in total. The molecule has 104 valence electrons. The molecule has 0 radical (unpaired) electrons. The molecule has 3 rings (SSSR count). The topological polar surface area (TPSA) is 72.2 Å². The smallest absolute Gasteiger partial charge is 0.272 e. The van der Waals surface area contributed by atoms with Gasteiger partial charge in [-0.3, -0.25) is 19.8 Å². The third-order valence-corrected chi connectivity index (χ3v) is 3.51. The first-order valence-corrected chi connectivity index (χ1v) is 6.61. The van der Waals surface area contributed by atoms with E-state index in [1.807, 2.05) is 18.2 Å². The summed E-state index contributed by atoms with van der Waals surface area (Å²) in [6.45, 7) is 2.90. The second-order valence-corrected chi connectivity index (χ2v) is 4.79. The molecule has 1 amide bonds. The molecule has 6 heteroatoms. The number of anilines is 1. The van der Waals surface area contributed by atoms with Gasteiger partial charge in [0.1, 0.15) is 5.69 Å². The Morgan fingerprint density at radius 1 is 1.00 bits per heavy atom. The molecule has 2 N–H and O–H groups in total. The fourth-order valence-electron chi connectivity index (χ4n) is 2.42. The lowest BCUT2D eigenvalue weighted by Gasteiger charge is -2.35. The summed E-state index contributed by atoms with van der Waals surface area (Å²) in [4.78, 5) is 27.2. The lowest BCUT2D eigenvalue weighted by molar-refractivity contribution is 0.0741. The van der Waals surface area contributed by atoms with Crippen LogP contribution in [0.15, 0.2) is 41.2 Å². The zero-order valence-electron chi connectivity index (χ0n) is 11.0. The summed E-state index contributed by atoms with van der Waals surface area (Å²) in [5.74, 6) is -0.129. The number of aromatic amines is 2. The number of hydrogen-bond acceptors (Lipinski definition) is 3. The van der Waals surface area contributed by atoms with Crippen molar-refractivity contribution in [2.24, 2.45) is 0 Å². The van der Waals surface area contributed by atoms with Crippen molar-refractivity contribution in [3.63, 3.8) is 0 Å². The highest BCUT2D eigenvalue weighted by molar-refractivity contribution is 5.92. The molecule has 0 bridgehead atoms. The van der Waals surface area contributed by atoms with Crippen LogP contribution in [-0.4, -0.2) is 47.2 Å². The Labute approximate surface area is 116 Å². The Kier molecular flexibility index (Phi) is 3.28. The van der Waals surface area contributed by atoms with Crippen LogP contribution >= 0.6 is 0 Å². The highest BCUT2D eigenvalue weighted by atomic mass is 16.2. The lowest BCUT2D eigenvalue weighted by Crippen LogP contribution is -2.48. The van der Waals surface area contributed by atoms with Crippen molar-refractivity contribution in [3.05, 3.63) is 52.4 Å². The van der Waals surface area contributed by atoms with Gasteiger partial charge in [0.2, 0.25) is 0 Å². The van der Waals surface area contributed by atoms with E-state index in [1.54, 1.807) is 4.90 Å². The van der Waals surface area contributed by atoms with E-state index in [0.717, 1.165) is 13.1 Å². The number of carbonyl (C=O) groups is 1. The SMILES string of the molecule is O=C(c1cc(=O)[nH][nH]1)N1CCN(c2ccccc2)CC1. The van der Waals surface area contributed by atoms with E-state index in [4.69, 9.17) is 0 Å². The average Bonchev–Trinajstić information content (AvgIpc) is 2.94. The molecule has 0 spiro atoms. The van der Waals surface area contributed by atoms with Gasteiger partial charge in [-0.25, -0.2) is 0 Å². The van der Waals surface area contributed by atoms with Crippen molar-refractivity contribution >= 4 is 11.6 Å². The summed E-state index contributed by atoms with van der Waals surface area (Å²) in [5.41, 5.74) is 1.22. The molecule has 1 fully saturated rings. The molecule has 2 heterocycles. The summed E-state index contributed by atoms with van der Waals surface area (Å²) in [6.07, 6.45) is 0. The van der Waals surface area contributed by atoms with Crippen molar-refractivity contribution in [1.29, 1.82) is 0 Å². The maximum Gasteiger partial charge on any atom is 0.272 e. The predicted molar refractivity (Wildman–Crippen MR) is 76.0 cm³/mol. The van der Waals surface area contributed by atoms with Gasteiger partial charge in [-0.1, -0.05) is 18.2 Å². The van der Waals surface area contributed by atoms with Crippen LogP contribution in [0.2, 0.25) is 0 Å². The predicted octanol–water partition coefficient (Wildman–Crippen LogP) is 0.665. The number of aromatic nitrogens is 2. The van der Waals surface area contributed by atoms with Crippen molar-refractivity contribution in [3.8, 4) is 0 Å². The van der Waals surface area contributed by atoms with E-state index < -0.39 is 0 Å².